The molecule has 0 aromatic heterocycles. The summed E-state index contributed by atoms with van der Waals surface area (Å²) in [6, 6.07) is 6.77. The average molecular weight is 378 g/mol. The second-order valence-corrected chi connectivity index (χ2v) is 7.21. The average Bonchev–Trinajstić information content (AvgIpc) is 2.56. The molecule has 3 rings (SSSR count). The molecule has 0 amide bonds. The van der Waals surface area contributed by atoms with Crippen LogP contribution in [0.5, 0.6) is 17.2 Å². The number of hydrogen-bond donors (Lipinski definition) is 2. The first-order valence-electron chi connectivity index (χ1n) is 7.45. The quantitative estimate of drug-likeness (QED) is 0.501. The number of fused-ring (bicyclic) bond motifs is 2. The van der Waals surface area contributed by atoms with Gasteiger partial charge in [0.15, 0.2) is 17.3 Å². The topological polar surface area (TPSA) is 127 Å². The van der Waals surface area contributed by atoms with Gasteiger partial charge in [-0.3, -0.25) is 13.8 Å². The molecule has 0 saturated heterocycles. The van der Waals surface area contributed by atoms with Crippen molar-refractivity contribution >= 4 is 21.7 Å². The van der Waals surface area contributed by atoms with Crippen LogP contribution in [-0.2, 0) is 14.3 Å². The van der Waals surface area contributed by atoms with Crippen LogP contribution < -0.4 is 4.74 Å². The molecular formula is C17H14O8S. The van der Waals surface area contributed by atoms with Gasteiger partial charge in [0.1, 0.15) is 19.0 Å². The van der Waals surface area contributed by atoms with Gasteiger partial charge in [0, 0.05) is 11.1 Å². The zero-order valence-corrected chi connectivity index (χ0v) is 14.4. The van der Waals surface area contributed by atoms with Crippen molar-refractivity contribution in [1.82, 2.24) is 0 Å². The number of ether oxygens (including phenoxy) is 1. The third-order valence-electron chi connectivity index (χ3n) is 3.77. The van der Waals surface area contributed by atoms with E-state index in [9.17, 15) is 28.2 Å². The van der Waals surface area contributed by atoms with Gasteiger partial charge in [-0.15, -0.1) is 0 Å². The minimum absolute atomic E-state index is 0.00895. The van der Waals surface area contributed by atoms with Crippen molar-refractivity contribution in [1.29, 1.82) is 0 Å². The number of phenolic OH excluding ortho intramolecular Hbond substituents is 2. The maximum Gasteiger partial charge on any atom is 0.264 e. The molecule has 0 bridgehead atoms. The van der Waals surface area contributed by atoms with Gasteiger partial charge in [0.05, 0.1) is 17.4 Å². The van der Waals surface area contributed by atoms with E-state index in [0.717, 1.165) is 6.26 Å². The highest BCUT2D eigenvalue weighted by Gasteiger charge is 2.35. The van der Waals surface area contributed by atoms with Crippen molar-refractivity contribution in [2.75, 3.05) is 19.5 Å². The molecule has 0 heterocycles. The summed E-state index contributed by atoms with van der Waals surface area (Å²) < 4.78 is 31.5. The molecule has 2 N–H and O–H groups in total. The Labute approximate surface area is 148 Å². The molecule has 0 atom stereocenters. The van der Waals surface area contributed by atoms with Crippen molar-refractivity contribution in [2.24, 2.45) is 0 Å². The van der Waals surface area contributed by atoms with Crippen LogP contribution in [0.15, 0.2) is 30.3 Å². The van der Waals surface area contributed by atoms with Gasteiger partial charge in [-0.2, -0.15) is 8.42 Å². The third kappa shape index (κ3) is 3.14. The molecule has 9 heteroatoms. The lowest BCUT2D eigenvalue weighted by Crippen LogP contribution is -2.21. The maximum absolute atomic E-state index is 12.7. The van der Waals surface area contributed by atoms with Crippen LogP contribution in [0.25, 0.3) is 0 Å². The van der Waals surface area contributed by atoms with Crippen LogP contribution in [0.1, 0.15) is 31.8 Å². The van der Waals surface area contributed by atoms with Gasteiger partial charge in [-0.25, -0.2) is 0 Å². The van der Waals surface area contributed by atoms with E-state index in [0.29, 0.717) is 0 Å². The van der Waals surface area contributed by atoms with Crippen LogP contribution in [0.4, 0.5) is 0 Å². The van der Waals surface area contributed by atoms with E-state index in [-0.39, 0.29) is 47.0 Å². The van der Waals surface area contributed by atoms with Crippen molar-refractivity contribution in [3.8, 4) is 17.2 Å². The highest BCUT2D eigenvalue weighted by atomic mass is 32.2. The Morgan fingerprint density at radius 3 is 2.31 bits per heavy atom. The van der Waals surface area contributed by atoms with Crippen molar-refractivity contribution in [2.45, 2.75) is 0 Å². The predicted molar refractivity (Wildman–Crippen MR) is 89.4 cm³/mol. The molecule has 0 saturated carbocycles. The van der Waals surface area contributed by atoms with E-state index >= 15 is 0 Å². The highest BCUT2D eigenvalue weighted by molar-refractivity contribution is 7.85. The fraction of sp³-hybridized carbons (Fsp3) is 0.176. The van der Waals surface area contributed by atoms with Gasteiger partial charge in [-0.1, -0.05) is 12.1 Å². The Bertz CT molecular complexity index is 1020. The maximum atomic E-state index is 12.7. The number of aromatic hydroxyl groups is 2. The van der Waals surface area contributed by atoms with Gasteiger partial charge in [-0.05, 0) is 18.2 Å². The molecular weight excluding hydrogens is 364 g/mol. The fourth-order valence-corrected chi connectivity index (χ4v) is 3.05. The van der Waals surface area contributed by atoms with E-state index in [1.807, 2.05) is 0 Å². The highest BCUT2D eigenvalue weighted by Crippen LogP contribution is 2.40. The van der Waals surface area contributed by atoms with Crippen molar-refractivity contribution in [3.05, 3.63) is 52.6 Å². The Kier molecular flexibility index (Phi) is 4.43. The van der Waals surface area contributed by atoms with Gasteiger partial charge in [0.25, 0.3) is 10.1 Å². The smallest absolute Gasteiger partial charge is 0.264 e. The lowest BCUT2D eigenvalue weighted by atomic mass is 9.83. The summed E-state index contributed by atoms with van der Waals surface area (Å²) in [6.07, 6.45) is 0.886. The summed E-state index contributed by atoms with van der Waals surface area (Å²) in [5, 5.41) is 20.3. The number of carbonyl (C=O) groups excluding carboxylic acids is 2. The summed E-state index contributed by atoms with van der Waals surface area (Å²) in [4.78, 5) is 25.2. The monoisotopic (exact) mass is 378 g/mol. The molecule has 8 nitrogen and oxygen atoms in total. The summed E-state index contributed by atoms with van der Waals surface area (Å²) in [5.41, 5.74) is -0.411. The molecule has 0 aliphatic heterocycles. The molecule has 26 heavy (non-hydrogen) atoms. The first kappa shape index (κ1) is 17.9. The number of hydrogen-bond acceptors (Lipinski definition) is 8. The van der Waals surface area contributed by atoms with Crippen LogP contribution in [0.3, 0.4) is 0 Å². The molecule has 136 valence electrons. The molecule has 0 spiro atoms. The summed E-state index contributed by atoms with van der Waals surface area (Å²) in [5.74, 6) is -2.25. The van der Waals surface area contributed by atoms with E-state index in [4.69, 9.17) is 4.74 Å². The number of benzene rings is 2. The standard InChI is InChI=1S/C17H14O8S/c1-26(22,23)25-8-7-24-12-6-5-10-14(16(12)20)17(21)13-9(15(10)19)3-2-4-11(13)18/h2-6,18,20H,7-8H2,1H3. The molecule has 2 aromatic carbocycles. The summed E-state index contributed by atoms with van der Waals surface area (Å²) in [6.45, 7) is -0.491. The Morgan fingerprint density at radius 1 is 0.923 bits per heavy atom. The largest absolute Gasteiger partial charge is 0.507 e. The normalized spacial score (nSPS) is 13.3. The van der Waals surface area contributed by atoms with Crippen LogP contribution >= 0.6 is 0 Å². The van der Waals surface area contributed by atoms with Gasteiger partial charge >= 0.3 is 0 Å². The SMILES string of the molecule is CS(=O)(=O)OCCOc1ccc2c(c1O)C(=O)c1c(O)cccc1C2=O. The second kappa shape index (κ2) is 6.43. The third-order valence-corrected chi connectivity index (χ3v) is 4.36. The van der Waals surface area contributed by atoms with Crippen molar-refractivity contribution < 1.29 is 37.1 Å². The predicted octanol–water partition coefficient (Wildman–Crippen LogP) is 1.23. The molecule has 1 aliphatic carbocycles. The Hall–Kier alpha value is -2.91. The minimum Gasteiger partial charge on any atom is -0.507 e. The van der Waals surface area contributed by atoms with Crippen LogP contribution in [0, 0.1) is 0 Å². The first-order chi connectivity index (χ1) is 12.2. The van der Waals surface area contributed by atoms with Gasteiger partial charge in [0.2, 0.25) is 5.78 Å². The summed E-state index contributed by atoms with van der Waals surface area (Å²) in [7, 11) is -3.63. The lowest BCUT2D eigenvalue weighted by Gasteiger charge is -2.20. The number of carbonyl (C=O) groups is 2. The molecule has 0 fully saturated rings. The van der Waals surface area contributed by atoms with E-state index in [1.165, 1.54) is 30.3 Å². The van der Waals surface area contributed by atoms with E-state index < -0.39 is 27.4 Å². The second-order valence-electron chi connectivity index (χ2n) is 5.57. The van der Waals surface area contributed by atoms with E-state index in [2.05, 4.69) is 4.18 Å². The first-order valence-corrected chi connectivity index (χ1v) is 9.27. The number of rotatable bonds is 5. The molecule has 0 unspecified atom stereocenters. The lowest BCUT2D eigenvalue weighted by molar-refractivity contribution is 0.0973. The Balaban J connectivity index is 1.93. The van der Waals surface area contributed by atoms with Crippen LogP contribution in [0.2, 0.25) is 0 Å². The summed E-state index contributed by atoms with van der Waals surface area (Å²) >= 11 is 0. The Morgan fingerprint density at radius 2 is 1.62 bits per heavy atom. The van der Waals surface area contributed by atoms with E-state index in [1.54, 1.807) is 0 Å². The number of ketones is 2. The molecule has 0 radical (unpaired) electrons. The number of phenols is 2. The molecule has 1 aliphatic rings. The minimum atomic E-state index is -3.63. The van der Waals surface area contributed by atoms with Gasteiger partial charge < -0.3 is 14.9 Å². The van der Waals surface area contributed by atoms with Crippen LogP contribution in [-0.4, -0.2) is 49.7 Å². The zero-order valence-electron chi connectivity index (χ0n) is 13.6. The fourth-order valence-electron chi connectivity index (χ4n) is 2.68. The van der Waals surface area contributed by atoms with Crippen molar-refractivity contribution in [3.63, 3.8) is 0 Å². The zero-order chi connectivity index (χ0) is 19.1. The molecule has 2 aromatic rings.